The Morgan fingerprint density at radius 1 is 1.12 bits per heavy atom. The van der Waals surface area contributed by atoms with Crippen molar-refractivity contribution in [2.75, 3.05) is 25.0 Å². The summed E-state index contributed by atoms with van der Waals surface area (Å²) in [4.78, 5) is 26.7. The molecule has 2 aromatic rings. The highest BCUT2D eigenvalue weighted by molar-refractivity contribution is 5.89. The van der Waals surface area contributed by atoms with Crippen LogP contribution < -0.4 is 10.9 Å². The van der Waals surface area contributed by atoms with Crippen molar-refractivity contribution in [3.8, 4) is 0 Å². The summed E-state index contributed by atoms with van der Waals surface area (Å²) in [7, 11) is 0. The first kappa shape index (κ1) is 17.2. The standard InChI is InChI=1S/C19H23N3O3/c23-14-16-8-11-21(12-9-16)19(25)20-17-7-4-10-22(18(17)24)13-15-5-2-1-3-6-15/h1-7,10,16,23H,8-9,11-14H2,(H,20,25). The molecule has 0 bridgehead atoms. The number of anilines is 1. The van der Waals surface area contributed by atoms with Crippen LogP contribution in [0.3, 0.4) is 0 Å². The van der Waals surface area contributed by atoms with Gasteiger partial charge < -0.3 is 19.9 Å². The minimum Gasteiger partial charge on any atom is -0.396 e. The fourth-order valence-electron chi connectivity index (χ4n) is 3.05. The van der Waals surface area contributed by atoms with Crippen molar-refractivity contribution >= 4 is 11.7 Å². The van der Waals surface area contributed by atoms with Crippen molar-refractivity contribution < 1.29 is 9.90 Å². The van der Waals surface area contributed by atoms with Gasteiger partial charge in [0.25, 0.3) is 5.56 Å². The largest absolute Gasteiger partial charge is 0.396 e. The van der Waals surface area contributed by atoms with Gasteiger partial charge in [-0.05, 0) is 36.5 Å². The Kier molecular flexibility index (Phi) is 5.50. The molecule has 1 saturated heterocycles. The number of carbonyl (C=O) groups excluding carboxylic acids is 1. The van der Waals surface area contributed by atoms with Gasteiger partial charge in [0.15, 0.2) is 0 Å². The van der Waals surface area contributed by atoms with Crippen molar-refractivity contribution in [1.82, 2.24) is 9.47 Å². The van der Waals surface area contributed by atoms with Gasteiger partial charge in [-0.1, -0.05) is 30.3 Å². The third-order valence-electron chi connectivity index (χ3n) is 4.62. The van der Waals surface area contributed by atoms with E-state index in [1.165, 1.54) is 0 Å². The van der Waals surface area contributed by atoms with Crippen molar-refractivity contribution in [3.05, 3.63) is 64.6 Å². The minimum atomic E-state index is -0.258. The monoisotopic (exact) mass is 341 g/mol. The number of rotatable bonds is 4. The van der Waals surface area contributed by atoms with Gasteiger partial charge in [-0.15, -0.1) is 0 Å². The number of hydrogen-bond donors (Lipinski definition) is 2. The van der Waals surface area contributed by atoms with Gasteiger partial charge in [0.2, 0.25) is 0 Å². The van der Waals surface area contributed by atoms with E-state index in [2.05, 4.69) is 5.32 Å². The molecule has 1 aliphatic heterocycles. The third kappa shape index (κ3) is 4.28. The Morgan fingerprint density at radius 2 is 1.84 bits per heavy atom. The first-order chi connectivity index (χ1) is 12.2. The Bertz CT molecular complexity index is 765. The highest BCUT2D eigenvalue weighted by Crippen LogP contribution is 2.17. The normalized spacial score (nSPS) is 15.2. The van der Waals surface area contributed by atoms with Crippen molar-refractivity contribution in [2.45, 2.75) is 19.4 Å². The number of urea groups is 1. The lowest BCUT2D eigenvalue weighted by Gasteiger charge is -2.31. The molecule has 3 rings (SSSR count). The molecule has 2 heterocycles. The first-order valence-corrected chi connectivity index (χ1v) is 8.57. The number of nitrogens with zero attached hydrogens (tertiary/aromatic N) is 2. The summed E-state index contributed by atoms with van der Waals surface area (Å²) in [5, 5.41) is 11.9. The molecule has 2 N–H and O–H groups in total. The van der Waals surface area contributed by atoms with E-state index in [4.69, 9.17) is 0 Å². The molecular weight excluding hydrogens is 318 g/mol. The van der Waals surface area contributed by atoms with Gasteiger partial charge in [-0.25, -0.2) is 4.79 Å². The molecule has 1 aliphatic rings. The highest BCUT2D eigenvalue weighted by Gasteiger charge is 2.22. The molecule has 0 aliphatic carbocycles. The number of aromatic nitrogens is 1. The van der Waals surface area contributed by atoms with Crippen LogP contribution in [0.15, 0.2) is 53.5 Å². The second kappa shape index (κ2) is 7.98. The molecule has 0 atom stereocenters. The zero-order valence-electron chi connectivity index (χ0n) is 14.1. The van der Waals surface area contributed by atoms with E-state index in [1.807, 2.05) is 30.3 Å². The number of amides is 2. The zero-order valence-corrected chi connectivity index (χ0v) is 14.1. The molecule has 1 aromatic heterocycles. The third-order valence-corrected chi connectivity index (χ3v) is 4.62. The summed E-state index contributed by atoms with van der Waals surface area (Å²) in [6.45, 7) is 1.83. The Morgan fingerprint density at radius 3 is 2.52 bits per heavy atom. The predicted octanol–water partition coefficient (Wildman–Crippen LogP) is 2.13. The first-order valence-electron chi connectivity index (χ1n) is 8.57. The number of piperidine rings is 1. The number of pyridine rings is 1. The maximum absolute atomic E-state index is 12.6. The number of aliphatic hydroxyl groups is 1. The summed E-state index contributed by atoms with van der Waals surface area (Å²) in [5.74, 6) is 0.267. The second-order valence-corrected chi connectivity index (χ2v) is 6.38. The van der Waals surface area contributed by atoms with E-state index in [0.29, 0.717) is 19.6 Å². The van der Waals surface area contributed by atoms with Crippen molar-refractivity contribution in [3.63, 3.8) is 0 Å². The fourth-order valence-corrected chi connectivity index (χ4v) is 3.05. The molecule has 0 radical (unpaired) electrons. The van der Waals surface area contributed by atoms with Gasteiger partial charge in [0.1, 0.15) is 5.69 Å². The Balaban J connectivity index is 1.68. The van der Waals surface area contributed by atoms with Crippen LogP contribution >= 0.6 is 0 Å². The number of benzene rings is 1. The van der Waals surface area contributed by atoms with E-state index >= 15 is 0 Å². The van der Waals surface area contributed by atoms with E-state index in [-0.39, 0.29) is 29.8 Å². The Hall–Kier alpha value is -2.60. The quantitative estimate of drug-likeness (QED) is 0.895. The van der Waals surface area contributed by atoms with Crippen LogP contribution in [0.2, 0.25) is 0 Å². The summed E-state index contributed by atoms with van der Waals surface area (Å²) in [5.41, 5.74) is 1.09. The summed E-state index contributed by atoms with van der Waals surface area (Å²) in [6, 6.07) is 12.9. The van der Waals surface area contributed by atoms with E-state index in [0.717, 1.165) is 18.4 Å². The van der Waals surface area contributed by atoms with Crippen LogP contribution in [0, 0.1) is 5.92 Å². The summed E-state index contributed by atoms with van der Waals surface area (Å²) in [6.07, 6.45) is 3.30. The average molecular weight is 341 g/mol. The maximum Gasteiger partial charge on any atom is 0.321 e. The van der Waals surface area contributed by atoms with Crippen LogP contribution in [-0.2, 0) is 6.54 Å². The smallest absolute Gasteiger partial charge is 0.321 e. The highest BCUT2D eigenvalue weighted by atomic mass is 16.3. The molecule has 6 nitrogen and oxygen atoms in total. The van der Waals surface area contributed by atoms with Crippen LogP contribution in [0.25, 0.3) is 0 Å². The van der Waals surface area contributed by atoms with Crippen LogP contribution in [0.1, 0.15) is 18.4 Å². The lowest BCUT2D eigenvalue weighted by molar-refractivity contribution is 0.143. The molecule has 0 saturated carbocycles. The Labute approximate surface area is 146 Å². The molecule has 6 heteroatoms. The van der Waals surface area contributed by atoms with Crippen LogP contribution in [-0.4, -0.2) is 40.3 Å². The topological polar surface area (TPSA) is 74.6 Å². The second-order valence-electron chi connectivity index (χ2n) is 6.38. The van der Waals surface area contributed by atoms with Crippen molar-refractivity contribution in [1.29, 1.82) is 0 Å². The van der Waals surface area contributed by atoms with Crippen molar-refractivity contribution in [2.24, 2.45) is 5.92 Å². The van der Waals surface area contributed by atoms with Crippen LogP contribution in [0.4, 0.5) is 10.5 Å². The van der Waals surface area contributed by atoms with Crippen LogP contribution in [0.5, 0.6) is 0 Å². The maximum atomic E-state index is 12.6. The molecule has 0 spiro atoms. The molecule has 25 heavy (non-hydrogen) atoms. The number of likely N-dealkylation sites (tertiary alicyclic amines) is 1. The van der Waals surface area contributed by atoms with E-state index < -0.39 is 0 Å². The molecular formula is C19H23N3O3. The molecule has 1 aromatic carbocycles. The minimum absolute atomic E-state index is 0.165. The predicted molar refractivity (Wildman–Crippen MR) is 96.6 cm³/mol. The lowest BCUT2D eigenvalue weighted by Crippen LogP contribution is -2.42. The van der Waals surface area contributed by atoms with Gasteiger partial charge in [0, 0.05) is 25.9 Å². The van der Waals surface area contributed by atoms with Gasteiger partial charge >= 0.3 is 6.03 Å². The van der Waals surface area contributed by atoms with E-state index in [1.54, 1.807) is 27.8 Å². The SMILES string of the molecule is O=C(Nc1cccn(Cc2ccccc2)c1=O)N1CCC(CO)CC1. The number of carbonyl (C=O) groups is 1. The molecule has 2 amide bonds. The summed E-state index contributed by atoms with van der Waals surface area (Å²) < 4.78 is 1.59. The molecule has 132 valence electrons. The average Bonchev–Trinajstić information content (AvgIpc) is 2.66. The number of aliphatic hydroxyl groups excluding tert-OH is 1. The van der Waals surface area contributed by atoms with Gasteiger partial charge in [-0.3, -0.25) is 4.79 Å². The lowest BCUT2D eigenvalue weighted by atomic mass is 9.98. The number of nitrogens with one attached hydrogen (secondary N) is 1. The summed E-state index contributed by atoms with van der Waals surface area (Å²) >= 11 is 0. The van der Waals surface area contributed by atoms with Gasteiger partial charge in [0.05, 0.1) is 6.54 Å². The fraction of sp³-hybridized carbons (Fsp3) is 0.368. The number of hydrogen-bond acceptors (Lipinski definition) is 3. The molecule has 0 unspecified atom stereocenters. The van der Waals surface area contributed by atoms with E-state index in [9.17, 15) is 14.7 Å². The molecule has 1 fully saturated rings. The van der Waals surface area contributed by atoms with Gasteiger partial charge in [-0.2, -0.15) is 0 Å². The zero-order chi connectivity index (χ0) is 17.6.